The van der Waals surface area contributed by atoms with Crippen molar-refractivity contribution in [1.29, 1.82) is 0 Å². The summed E-state index contributed by atoms with van der Waals surface area (Å²) in [4.78, 5) is 24.1. The number of carbonyl (C=O) groups is 2. The summed E-state index contributed by atoms with van der Waals surface area (Å²) in [6.45, 7) is 4.00. The van der Waals surface area contributed by atoms with Crippen LogP contribution in [0, 0.1) is 0 Å². The van der Waals surface area contributed by atoms with E-state index >= 15 is 0 Å². The molecule has 8 heteroatoms. The smallest absolute Gasteiger partial charge is 0.319 e. The van der Waals surface area contributed by atoms with Crippen molar-refractivity contribution in [3.63, 3.8) is 0 Å². The molecule has 0 aliphatic carbocycles. The number of anilines is 1. The fraction of sp³-hybridized carbons (Fsp3) is 0.529. The third kappa shape index (κ3) is 5.88. The molecule has 1 atom stereocenters. The number of hydrogen-bond acceptors (Lipinski definition) is 4. The van der Waals surface area contributed by atoms with Crippen LogP contribution in [0.15, 0.2) is 18.2 Å². The Balaban J connectivity index is 1.94. The van der Waals surface area contributed by atoms with Gasteiger partial charge in [0.2, 0.25) is 0 Å². The normalized spacial score (nSPS) is 20.0. The lowest BCUT2D eigenvalue weighted by Gasteiger charge is -2.32. The Kier molecular flexibility index (Phi) is 7.04. The number of carbonyl (C=O) groups excluding carboxylic acids is 2. The van der Waals surface area contributed by atoms with Gasteiger partial charge in [-0.25, -0.2) is 4.79 Å². The molecule has 3 amide bonds. The van der Waals surface area contributed by atoms with E-state index in [2.05, 4.69) is 21.3 Å². The molecule has 0 bridgehead atoms. The third-order valence-corrected chi connectivity index (χ3v) is 4.37. The highest BCUT2D eigenvalue weighted by Crippen LogP contribution is 2.23. The van der Waals surface area contributed by atoms with E-state index in [1.807, 2.05) is 6.92 Å². The van der Waals surface area contributed by atoms with Crippen LogP contribution >= 0.6 is 11.6 Å². The minimum absolute atomic E-state index is 0.139. The summed E-state index contributed by atoms with van der Waals surface area (Å²) in [5.41, 5.74) is -0.179. The van der Waals surface area contributed by atoms with Crippen LogP contribution in [0.1, 0.15) is 36.5 Å². The molecule has 1 saturated heterocycles. The van der Waals surface area contributed by atoms with Crippen LogP contribution < -0.4 is 21.3 Å². The second-order valence-corrected chi connectivity index (χ2v) is 6.67. The highest BCUT2D eigenvalue weighted by molar-refractivity contribution is 6.33. The first-order chi connectivity index (χ1) is 11.9. The number of rotatable bonds is 6. The second kappa shape index (κ2) is 9.03. The van der Waals surface area contributed by atoms with E-state index < -0.39 is 11.6 Å². The van der Waals surface area contributed by atoms with Crippen molar-refractivity contribution in [2.45, 2.75) is 31.8 Å². The topological polar surface area (TPSA) is 102 Å². The molecule has 1 fully saturated rings. The molecule has 25 heavy (non-hydrogen) atoms. The molecule has 1 aromatic rings. The number of nitrogens with one attached hydrogen (secondary N) is 4. The lowest BCUT2D eigenvalue weighted by atomic mass is 9.94. The largest absolute Gasteiger partial charge is 0.387 e. The lowest BCUT2D eigenvalue weighted by Crippen LogP contribution is -2.53. The number of urea groups is 1. The van der Waals surface area contributed by atoms with Crippen LogP contribution in [-0.2, 0) is 0 Å². The van der Waals surface area contributed by atoms with E-state index in [0.717, 1.165) is 19.4 Å². The van der Waals surface area contributed by atoms with Gasteiger partial charge in [-0.15, -0.1) is 0 Å². The summed E-state index contributed by atoms with van der Waals surface area (Å²) in [6, 6.07) is 4.22. The highest BCUT2D eigenvalue weighted by Gasteiger charge is 2.29. The van der Waals surface area contributed by atoms with Crippen LogP contribution in [0.4, 0.5) is 10.5 Å². The van der Waals surface area contributed by atoms with Gasteiger partial charge in [0.1, 0.15) is 0 Å². The molecule has 1 heterocycles. The summed E-state index contributed by atoms with van der Waals surface area (Å²) in [5.74, 6) is -0.218. The third-order valence-electron chi connectivity index (χ3n) is 4.04. The Bertz CT molecular complexity index is 618. The van der Waals surface area contributed by atoms with Gasteiger partial charge in [0.05, 0.1) is 16.3 Å². The maximum atomic E-state index is 12.1. The van der Waals surface area contributed by atoms with Crippen molar-refractivity contribution in [3.8, 4) is 0 Å². The Hall–Kier alpha value is -1.83. The van der Waals surface area contributed by atoms with Crippen LogP contribution in [-0.4, -0.2) is 48.8 Å². The zero-order valence-corrected chi connectivity index (χ0v) is 15.1. The standard InChI is InChI=1S/C17H25ClN4O3/c1-2-7-20-15(23)12-4-5-13(18)14(9-12)22-16(24)21-11-17(25)6-3-8-19-10-17/h4-5,9,19,25H,2-3,6-8,10-11H2,1H3,(H,20,23)(H2,21,22,24)/t17-/m0/s1. The van der Waals surface area contributed by atoms with E-state index in [-0.39, 0.29) is 12.5 Å². The quantitative estimate of drug-likeness (QED) is 0.527. The average molecular weight is 369 g/mol. The van der Waals surface area contributed by atoms with Gasteiger partial charge in [-0.1, -0.05) is 18.5 Å². The second-order valence-electron chi connectivity index (χ2n) is 6.26. The van der Waals surface area contributed by atoms with Crippen molar-refractivity contribution in [2.75, 3.05) is 31.5 Å². The number of benzene rings is 1. The average Bonchev–Trinajstić information content (AvgIpc) is 2.60. The molecule has 1 aliphatic heterocycles. The molecule has 0 spiro atoms. The number of piperidine rings is 1. The SMILES string of the molecule is CCCNC(=O)c1ccc(Cl)c(NC(=O)NC[C@]2(O)CCCNC2)c1. The number of amides is 3. The first kappa shape index (κ1) is 19.5. The molecule has 1 aliphatic rings. The van der Waals surface area contributed by atoms with Gasteiger partial charge in [0.15, 0.2) is 0 Å². The number of hydrogen-bond donors (Lipinski definition) is 5. The predicted molar refractivity (Wildman–Crippen MR) is 98.2 cm³/mol. The van der Waals surface area contributed by atoms with Crippen LogP contribution in [0.5, 0.6) is 0 Å². The molecule has 0 unspecified atom stereocenters. The van der Waals surface area contributed by atoms with Gasteiger partial charge in [-0.05, 0) is 44.0 Å². The summed E-state index contributed by atoms with van der Waals surface area (Å²) in [5, 5.41) is 21.8. The minimum Gasteiger partial charge on any atom is -0.387 e. The first-order valence-corrected chi connectivity index (χ1v) is 8.87. The Morgan fingerprint density at radius 2 is 2.16 bits per heavy atom. The molecule has 7 nitrogen and oxygen atoms in total. The zero-order valence-electron chi connectivity index (χ0n) is 14.3. The van der Waals surface area contributed by atoms with Crippen LogP contribution in [0.25, 0.3) is 0 Å². The molecule has 0 aromatic heterocycles. The van der Waals surface area contributed by atoms with Crippen molar-refractivity contribution in [1.82, 2.24) is 16.0 Å². The molecule has 138 valence electrons. The van der Waals surface area contributed by atoms with Crippen molar-refractivity contribution in [3.05, 3.63) is 28.8 Å². The van der Waals surface area contributed by atoms with Crippen molar-refractivity contribution >= 4 is 29.2 Å². The molecule has 2 rings (SSSR count). The van der Waals surface area contributed by atoms with Gasteiger partial charge >= 0.3 is 6.03 Å². The van der Waals surface area contributed by atoms with E-state index in [4.69, 9.17) is 11.6 Å². The van der Waals surface area contributed by atoms with Crippen LogP contribution in [0.3, 0.4) is 0 Å². The van der Waals surface area contributed by atoms with E-state index in [0.29, 0.717) is 35.8 Å². The molecule has 0 saturated carbocycles. The summed E-state index contributed by atoms with van der Waals surface area (Å²) < 4.78 is 0. The van der Waals surface area contributed by atoms with Crippen molar-refractivity contribution < 1.29 is 14.7 Å². The molecular formula is C17H25ClN4O3. The van der Waals surface area contributed by atoms with E-state index in [1.165, 1.54) is 6.07 Å². The van der Waals surface area contributed by atoms with E-state index in [9.17, 15) is 14.7 Å². The number of β-amino-alcohol motifs (C(OH)–C–C–N with tert-alkyl or cyclic N) is 1. The fourth-order valence-electron chi connectivity index (χ4n) is 2.62. The van der Waals surface area contributed by atoms with Gasteiger partial charge in [-0.3, -0.25) is 4.79 Å². The van der Waals surface area contributed by atoms with Crippen LogP contribution in [0.2, 0.25) is 5.02 Å². The maximum Gasteiger partial charge on any atom is 0.319 e. The summed E-state index contributed by atoms with van der Waals surface area (Å²) >= 11 is 6.09. The van der Waals surface area contributed by atoms with Gasteiger partial charge in [-0.2, -0.15) is 0 Å². The zero-order chi connectivity index (χ0) is 18.3. The first-order valence-electron chi connectivity index (χ1n) is 8.49. The maximum absolute atomic E-state index is 12.1. The fourth-order valence-corrected chi connectivity index (χ4v) is 2.78. The number of halogens is 1. The van der Waals surface area contributed by atoms with Gasteiger partial charge in [0, 0.05) is 25.2 Å². The van der Waals surface area contributed by atoms with Gasteiger partial charge < -0.3 is 26.4 Å². The highest BCUT2D eigenvalue weighted by atomic mass is 35.5. The van der Waals surface area contributed by atoms with Gasteiger partial charge in [0.25, 0.3) is 5.91 Å². The number of aliphatic hydroxyl groups is 1. The lowest BCUT2D eigenvalue weighted by molar-refractivity contribution is 0.0198. The van der Waals surface area contributed by atoms with E-state index in [1.54, 1.807) is 12.1 Å². The molecule has 0 radical (unpaired) electrons. The Morgan fingerprint density at radius 3 is 2.84 bits per heavy atom. The molecular weight excluding hydrogens is 344 g/mol. The summed E-state index contributed by atoms with van der Waals surface area (Å²) in [7, 11) is 0. The summed E-state index contributed by atoms with van der Waals surface area (Å²) in [6.07, 6.45) is 2.33. The molecule has 1 aromatic carbocycles. The minimum atomic E-state index is -0.943. The predicted octanol–water partition coefficient (Wildman–Crippen LogP) is 1.72. The van der Waals surface area contributed by atoms with Crippen molar-refractivity contribution in [2.24, 2.45) is 0 Å². The molecule has 5 N–H and O–H groups in total. The Labute approximate surface area is 152 Å². The Morgan fingerprint density at radius 1 is 1.36 bits per heavy atom. The monoisotopic (exact) mass is 368 g/mol.